The molecule has 4 rings (SSSR count). The van der Waals surface area contributed by atoms with E-state index in [1.165, 1.54) is 18.3 Å². The zero-order valence-corrected chi connectivity index (χ0v) is 14.5. The number of carbonyl (C=O) groups is 1. The molecule has 4 aromatic rings. The summed E-state index contributed by atoms with van der Waals surface area (Å²) in [5.74, 6) is -1.65. The van der Waals surface area contributed by atoms with Crippen molar-refractivity contribution in [1.29, 1.82) is 0 Å². The molecule has 0 radical (unpaired) electrons. The fourth-order valence-electron chi connectivity index (χ4n) is 3.24. The first-order valence-corrected chi connectivity index (χ1v) is 8.28. The number of hydrogen-bond acceptors (Lipinski definition) is 2. The van der Waals surface area contributed by atoms with Crippen molar-refractivity contribution >= 4 is 16.8 Å². The molecule has 0 saturated heterocycles. The Morgan fingerprint density at radius 1 is 1.11 bits per heavy atom. The Hall–Kier alpha value is -3.48. The predicted octanol–water partition coefficient (Wildman–Crippen LogP) is 3.47. The minimum Gasteiger partial charge on any atom is -0.366 e. The third-order valence-electron chi connectivity index (χ3n) is 4.55. The molecule has 2 heterocycles. The minimum absolute atomic E-state index is 0.0792. The van der Waals surface area contributed by atoms with Gasteiger partial charge in [-0.1, -0.05) is 18.2 Å². The summed E-state index contributed by atoms with van der Waals surface area (Å²) >= 11 is 0. The van der Waals surface area contributed by atoms with E-state index in [1.54, 1.807) is 53.0 Å². The number of rotatable bonds is 4. The van der Waals surface area contributed by atoms with Gasteiger partial charge in [0.15, 0.2) is 0 Å². The van der Waals surface area contributed by atoms with Gasteiger partial charge in [0.05, 0.1) is 23.8 Å². The number of carbonyl (C=O) groups excluding carboxylic acids is 1. The molecule has 0 fully saturated rings. The van der Waals surface area contributed by atoms with Crippen LogP contribution in [0.1, 0.15) is 15.9 Å². The van der Waals surface area contributed by atoms with E-state index in [0.717, 1.165) is 5.56 Å². The summed E-state index contributed by atoms with van der Waals surface area (Å²) in [4.78, 5) is 11.7. The summed E-state index contributed by atoms with van der Waals surface area (Å²) in [6, 6.07) is 9.40. The van der Waals surface area contributed by atoms with E-state index in [4.69, 9.17) is 5.73 Å². The van der Waals surface area contributed by atoms with Gasteiger partial charge >= 0.3 is 0 Å². The van der Waals surface area contributed by atoms with Crippen LogP contribution in [0.5, 0.6) is 0 Å². The number of primary amides is 1. The summed E-state index contributed by atoms with van der Waals surface area (Å²) in [5, 5.41) is 4.24. The second-order valence-corrected chi connectivity index (χ2v) is 6.38. The molecule has 0 saturated carbocycles. The molecular weight excluding hydrogens is 350 g/mol. The normalized spacial score (nSPS) is 11.2. The van der Waals surface area contributed by atoms with Crippen molar-refractivity contribution in [2.45, 2.75) is 6.54 Å². The van der Waals surface area contributed by atoms with Gasteiger partial charge in [-0.15, -0.1) is 0 Å². The van der Waals surface area contributed by atoms with E-state index >= 15 is 0 Å². The molecule has 1 amide bonds. The second kappa shape index (κ2) is 6.35. The van der Waals surface area contributed by atoms with Crippen molar-refractivity contribution in [1.82, 2.24) is 14.3 Å². The number of benzene rings is 2. The third kappa shape index (κ3) is 2.97. The first-order valence-electron chi connectivity index (χ1n) is 8.28. The fraction of sp³-hybridized carbons (Fsp3) is 0.100. The van der Waals surface area contributed by atoms with Crippen molar-refractivity contribution in [2.24, 2.45) is 12.8 Å². The predicted molar refractivity (Wildman–Crippen MR) is 98.1 cm³/mol. The van der Waals surface area contributed by atoms with E-state index in [-0.39, 0.29) is 17.5 Å². The van der Waals surface area contributed by atoms with E-state index in [2.05, 4.69) is 5.10 Å². The van der Waals surface area contributed by atoms with Gasteiger partial charge in [0, 0.05) is 36.0 Å². The van der Waals surface area contributed by atoms with Crippen LogP contribution in [-0.4, -0.2) is 20.3 Å². The largest absolute Gasteiger partial charge is 0.366 e. The average Bonchev–Trinajstić information content (AvgIpc) is 3.22. The van der Waals surface area contributed by atoms with E-state index < -0.39 is 17.5 Å². The smallest absolute Gasteiger partial charge is 0.250 e. The summed E-state index contributed by atoms with van der Waals surface area (Å²) in [6.45, 7) is 0.145. The van der Waals surface area contributed by atoms with Crippen molar-refractivity contribution in [3.63, 3.8) is 0 Å². The lowest BCUT2D eigenvalue weighted by molar-refractivity contribution is 0.100. The van der Waals surface area contributed by atoms with Crippen molar-refractivity contribution in [3.05, 3.63) is 77.8 Å². The van der Waals surface area contributed by atoms with Gasteiger partial charge in [-0.05, 0) is 23.8 Å². The lowest BCUT2D eigenvalue weighted by Crippen LogP contribution is -2.10. The molecule has 0 unspecified atom stereocenters. The van der Waals surface area contributed by atoms with Crippen molar-refractivity contribution in [3.8, 4) is 11.1 Å². The monoisotopic (exact) mass is 366 g/mol. The van der Waals surface area contributed by atoms with Gasteiger partial charge in [-0.25, -0.2) is 8.78 Å². The first kappa shape index (κ1) is 17.0. The van der Waals surface area contributed by atoms with Gasteiger partial charge in [-0.2, -0.15) is 5.10 Å². The van der Waals surface area contributed by atoms with E-state index in [0.29, 0.717) is 16.6 Å². The van der Waals surface area contributed by atoms with Crippen LogP contribution < -0.4 is 5.73 Å². The molecule has 7 heteroatoms. The molecule has 0 aliphatic heterocycles. The van der Waals surface area contributed by atoms with Gasteiger partial charge in [0.1, 0.15) is 11.6 Å². The Bertz CT molecular complexity index is 1180. The highest BCUT2D eigenvalue weighted by Crippen LogP contribution is 2.27. The number of halogens is 2. The first-order chi connectivity index (χ1) is 12.9. The number of amides is 1. The highest BCUT2D eigenvalue weighted by Gasteiger charge is 2.17. The van der Waals surface area contributed by atoms with Gasteiger partial charge in [0.25, 0.3) is 5.91 Å². The number of aryl methyl sites for hydroxylation is 1. The molecule has 27 heavy (non-hydrogen) atoms. The third-order valence-corrected chi connectivity index (χ3v) is 4.55. The molecule has 0 atom stereocenters. The topological polar surface area (TPSA) is 65.8 Å². The number of aromatic nitrogens is 3. The van der Waals surface area contributed by atoms with E-state index in [1.807, 2.05) is 0 Å². The van der Waals surface area contributed by atoms with Crippen molar-refractivity contribution < 1.29 is 13.6 Å². The highest BCUT2D eigenvalue weighted by atomic mass is 19.1. The maximum absolute atomic E-state index is 14.7. The van der Waals surface area contributed by atoms with Crippen LogP contribution in [-0.2, 0) is 13.6 Å². The Kier molecular flexibility index (Phi) is 3.99. The molecule has 2 aromatic carbocycles. The quantitative estimate of drug-likeness (QED) is 0.601. The van der Waals surface area contributed by atoms with Gasteiger partial charge < -0.3 is 10.3 Å². The van der Waals surface area contributed by atoms with Crippen LogP contribution in [0, 0.1) is 11.6 Å². The van der Waals surface area contributed by atoms with Crippen molar-refractivity contribution in [2.75, 3.05) is 0 Å². The zero-order chi connectivity index (χ0) is 19.1. The Balaban J connectivity index is 1.74. The molecule has 2 aromatic heterocycles. The van der Waals surface area contributed by atoms with Gasteiger partial charge in [-0.3, -0.25) is 9.48 Å². The lowest BCUT2D eigenvalue weighted by atomic mass is 10.1. The van der Waals surface area contributed by atoms with Crippen LogP contribution in [0.2, 0.25) is 0 Å². The molecule has 2 N–H and O–H groups in total. The van der Waals surface area contributed by atoms with Crippen LogP contribution in [0.3, 0.4) is 0 Å². The molecule has 5 nitrogen and oxygen atoms in total. The van der Waals surface area contributed by atoms with E-state index in [9.17, 15) is 13.6 Å². The molecular formula is C20H16F2N4O. The summed E-state index contributed by atoms with van der Waals surface area (Å²) in [7, 11) is 1.79. The van der Waals surface area contributed by atoms with Crippen LogP contribution in [0.25, 0.3) is 22.0 Å². The molecule has 0 bridgehead atoms. The SMILES string of the molecule is Cn1cc(-c2ccc(Cn3cc(C(N)=O)c4c(F)cccc43)c(F)c2)cn1. The molecule has 136 valence electrons. The van der Waals surface area contributed by atoms with Crippen LogP contribution in [0.4, 0.5) is 8.78 Å². The standard InChI is InChI=1S/C20H16F2N4O/c1-25-9-14(8-24-25)12-5-6-13(17(22)7-12)10-26-11-15(20(23)27)19-16(21)3-2-4-18(19)26/h2-9,11H,10H2,1H3,(H2,23,27). The number of fused-ring (bicyclic) bond motifs is 1. The molecule has 0 spiro atoms. The summed E-state index contributed by atoms with van der Waals surface area (Å²) < 4.78 is 32.1. The number of hydrogen-bond donors (Lipinski definition) is 1. The van der Waals surface area contributed by atoms with Gasteiger partial charge in [0.2, 0.25) is 0 Å². The maximum Gasteiger partial charge on any atom is 0.250 e. The number of nitrogens with two attached hydrogens (primary N) is 1. The van der Waals surface area contributed by atoms with Crippen LogP contribution in [0.15, 0.2) is 55.0 Å². The second-order valence-electron chi connectivity index (χ2n) is 6.38. The average molecular weight is 366 g/mol. The molecule has 0 aliphatic rings. The molecule has 0 aliphatic carbocycles. The zero-order valence-electron chi connectivity index (χ0n) is 14.5. The Morgan fingerprint density at radius 3 is 2.59 bits per heavy atom. The number of nitrogens with zero attached hydrogens (tertiary/aromatic N) is 3. The Morgan fingerprint density at radius 2 is 1.93 bits per heavy atom. The Labute approximate surface area is 153 Å². The highest BCUT2D eigenvalue weighted by molar-refractivity contribution is 6.06. The fourth-order valence-corrected chi connectivity index (χ4v) is 3.24. The van der Waals surface area contributed by atoms with Crippen LogP contribution >= 0.6 is 0 Å². The minimum atomic E-state index is -0.726. The lowest BCUT2D eigenvalue weighted by Gasteiger charge is -2.08. The summed E-state index contributed by atoms with van der Waals surface area (Å²) in [6.07, 6.45) is 4.93. The summed E-state index contributed by atoms with van der Waals surface area (Å²) in [5.41, 5.74) is 7.88. The maximum atomic E-state index is 14.7.